The van der Waals surface area contributed by atoms with E-state index in [2.05, 4.69) is 61.8 Å². The summed E-state index contributed by atoms with van der Waals surface area (Å²) in [5.41, 5.74) is 4.29. The standard InChI is InChI=1S/C16H21NS/c1-16(2,3)14-7-5-13(6-8-14)15-9-12(10-17-4)11-18-15/h5-9,11,17H,10H2,1-4H3. The highest BCUT2D eigenvalue weighted by Crippen LogP contribution is 2.30. The summed E-state index contributed by atoms with van der Waals surface area (Å²) >= 11 is 1.82. The number of nitrogens with one attached hydrogen (secondary N) is 1. The minimum Gasteiger partial charge on any atom is -0.316 e. The summed E-state index contributed by atoms with van der Waals surface area (Å²) < 4.78 is 0. The van der Waals surface area contributed by atoms with Crippen LogP contribution < -0.4 is 5.32 Å². The van der Waals surface area contributed by atoms with Gasteiger partial charge >= 0.3 is 0 Å². The third-order valence-corrected chi connectivity index (χ3v) is 4.10. The van der Waals surface area contributed by atoms with Crippen LogP contribution in [0, 0.1) is 0 Å². The number of benzene rings is 1. The number of thiophene rings is 1. The first kappa shape index (κ1) is 13.3. The van der Waals surface area contributed by atoms with Crippen LogP contribution in [0.1, 0.15) is 31.9 Å². The third-order valence-electron chi connectivity index (χ3n) is 3.07. The van der Waals surface area contributed by atoms with Crippen LogP contribution in [-0.2, 0) is 12.0 Å². The summed E-state index contributed by atoms with van der Waals surface area (Å²) in [7, 11) is 1.98. The van der Waals surface area contributed by atoms with Crippen LogP contribution in [0.3, 0.4) is 0 Å². The second kappa shape index (κ2) is 5.25. The van der Waals surface area contributed by atoms with Crippen molar-refractivity contribution in [2.75, 3.05) is 7.05 Å². The SMILES string of the molecule is CNCc1csc(-c2ccc(C(C)(C)C)cc2)c1. The van der Waals surface area contributed by atoms with Crippen molar-refractivity contribution < 1.29 is 0 Å². The Labute approximate surface area is 114 Å². The lowest BCUT2D eigenvalue weighted by Gasteiger charge is -2.18. The normalized spacial score (nSPS) is 11.8. The molecule has 2 rings (SSSR count). The van der Waals surface area contributed by atoms with E-state index in [1.807, 2.05) is 18.4 Å². The van der Waals surface area contributed by atoms with Crippen molar-refractivity contribution in [1.29, 1.82) is 0 Å². The Bertz CT molecular complexity index is 503. The van der Waals surface area contributed by atoms with Crippen molar-refractivity contribution in [3.63, 3.8) is 0 Å². The topological polar surface area (TPSA) is 12.0 Å². The fraction of sp³-hybridized carbons (Fsp3) is 0.375. The Kier molecular flexibility index (Phi) is 3.88. The van der Waals surface area contributed by atoms with Crippen molar-refractivity contribution in [2.45, 2.75) is 32.7 Å². The van der Waals surface area contributed by atoms with Crippen molar-refractivity contribution in [1.82, 2.24) is 5.32 Å². The van der Waals surface area contributed by atoms with Gasteiger partial charge in [0.1, 0.15) is 0 Å². The molecule has 0 amide bonds. The maximum Gasteiger partial charge on any atom is 0.0346 e. The van der Waals surface area contributed by atoms with E-state index in [9.17, 15) is 0 Å². The molecule has 1 nitrogen and oxygen atoms in total. The van der Waals surface area contributed by atoms with Gasteiger partial charge in [-0.15, -0.1) is 11.3 Å². The van der Waals surface area contributed by atoms with Crippen LogP contribution in [0.4, 0.5) is 0 Å². The summed E-state index contributed by atoms with van der Waals surface area (Å²) in [6.07, 6.45) is 0. The first-order valence-corrected chi connectivity index (χ1v) is 7.21. The maximum absolute atomic E-state index is 3.18. The van der Waals surface area contributed by atoms with Gasteiger partial charge in [0.15, 0.2) is 0 Å². The molecule has 96 valence electrons. The highest BCUT2D eigenvalue weighted by atomic mass is 32.1. The lowest BCUT2D eigenvalue weighted by molar-refractivity contribution is 0.590. The Morgan fingerprint density at radius 1 is 1.11 bits per heavy atom. The monoisotopic (exact) mass is 259 g/mol. The lowest BCUT2D eigenvalue weighted by atomic mass is 9.86. The molecule has 0 saturated heterocycles. The second-order valence-electron chi connectivity index (χ2n) is 5.68. The van der Waals surface area contributed by atoms with Gasteiger partial charge in [-0.05, 0) is 40.6 Å². The molecule has 1 N–H and O–H groups in total. The lowest BCUT2D eigenvalue weighted by Crippen LogP contribution is -2.10. The van der Waals surface area contributed by atoms with E-state index < -0.39 is 0 Å². The van der Waals surface area contributed by atoms with Gasteiger partial charge in [-0.2, -0.15) is 0 Å². The summed E-state index contributed by atoms with van der Waals surface area (Å²) in [5, 5.41) is 5.41. The highest BCUT2D eigenvalue weighted by Gasteiger charge is 2.13. The minimum atomic E-state index is 0.227. The first-order valence-electron chi connectivity index (χ1n) is 6.33. The van der Waals surface area contributed by atoms with Crippen LogP contribution in [0.2, 0.25) is 0 Å². The Hall–Kier alpha value is -1.12. The molecular formula is C16H21NS. The number of hydrogen-bond donors (Lipinski definition) is 1. The Balaban J connectivity index is 2.23. The smallest absolute Gasteiger partial charge is 0.0346 e. The van der Waals surface area contributed by atoms with Gasteiger partial charge < -0.3 is 5.32 Å². The van der Waals surface area contributed by atoms with Crippen molar-refractivity contribution in [3.8, 4) is 10.4 Å². The van der Waals surface area contributed by atoms with Crippen LogP contribution in [-0.4, -0.2) is 7.05 Å². The Morgan fingerprint density at radius 2 is 1.78 bits per heavy atom. The maximum atomic E-state index is 3.18. The molecule has 1 heterocycles. The van der Waals surface area contributed by atoms with Gasteiger partial charge in [-0.3, -0.25) is 0 Å². The molecule has 0 radical (unpaired) electrons. The van der Waals surface area contributed by atoms with Gasteiger partial charge in [-0.1, -0.05) is 45.0 Å². The minimum absolute atomic E-state index is 0.227. The summed E-state index contributed by atoms with van der Waals surface area (Å²) in [4.78, 5) is 1.35. The largest absolute Gasteiger partial charge is 0.316 e. The van der Waals surface area contributed by atoms with Crippen LogP contribution in [0.25, 0.3) is 10.4 Å². The van der Waals surface area contributed by atoms with E-state index in [0.29, 0.717) is 0 Å². The molecule has 0 fully saturated rings. The van der Waals surface area contributed by atoms with E-state index in [0.717, 1.165) is 6.54 Å². The molecule has 0 aliphatic carbocycles. The Morgan fingerprint density at radius 3 is 2.33 bits per heavy atom. The predicted molar refractivity (Wildman–Crippen MR) is 81.2 cm³/mol. The summed E-state index contributed by atoms with van der Waals surface area (Å²) in [5.74, 6) is 0. The van der Waals surface area contributed by atoms with Crippen LogP contribution in [0.5, 0.6) is 0 Å². The van der Waals surface area contributed by atoms with Gasteiger partial charge in [0.05, 0.1) is 0 Å². The molecule has 1 aromatic heterocycles. The molecule has 0 aliphatic heterocycles. The second-order valence-corrected chi connectivity index (χ2v) is 6.59. The predicted octanol–water partition coefficient (Wildman–Crippen LogP) is 4.43. The van der Waals surface area contributed by atoms with Gasteiger partial charge in [-0.25, -0.2) is 0 Å². The summed E-state index contributed by atoms with van der Waals surface area (Å²) in [6.45, 7) is 7.69. The molecule has 0 bridgehead atoms. The fourth-order valence-corrected chi connectivity index (χ4v) is 2.88. The zero-order chi connectivity index (χ0) is 13.2. The average molecular weight is 259 g/mol. The highest BCUT2D eigenvalue weighted by molar-refractivity contribution is 7.13. The summed E-state index contributed by atoms with van der Waals surface area (Å²) in [6, 6.07) is 11.2. The first-order chi connectivity index (χ1) is 8.50. The molecule has 0 aliphatic rings. The van der Waals surface area contributed by atoms with Crippen molar-refractivity contribution in [2.24, 2.45) is 0 Å². The number of hydrogen-bond acceptors (Lipinski definition) is 2. The van der Waals surface area contributed by atoms with E-state index >= 15 is 0 Å². The fourth-order valence-electron chi connectivity index (χ4n) is 1.96. The van der Waals surface area contributed by atoms with Gasteiger partial charge in [0.2, 0.25) is 0 Å². The van der Waals surface area contributed by atoms with Gasteiger partial charge in [0, 0.05) is 11.4 Å². The van der Waals surface area contributed by atoms with Crippen LogP contribution >= 0.6 is 11.3 Å². The molecule has 0 spiro atoms. The van der Waals surface area contributed by atoms with E-state index in [-0.39, 0.29) is 5.41 Å². The molecule has 1 aromatic carbocycles. The molecule has 2 aromatic rings. The van der Waals surface area contributed by atoms with Crippen molar-refractivity contribution >= 4 is 11.3 Å². The van der Waals surface area contributed by atoms with E-state index in [4.69, 9.17) is 0 Å². The molecule has 0 saturated carbocycles. The average Bonchev–Trinajstić information content (AvgIpc) is 2.77. The van der Waals surface area contributed by atoms with Crippen molar-refractivity contribution in [3.05, 3.63) is 46.8 Å². The van der Waals surface area contributed by atoms with Gasteiger partial charge in [0.25, 0.3) is 0 Å². The third kappa shape index (κ3) is 3.01. The molecule has 2 heteroatoms. The molecule has 0 unspecified atom stereocenters. The van der Waals surface area contributed by atoms with E-state index in [1.54, 1.807) is 0 Å². The number of rotatable bonds is 3. The van der Waals surface area contributed by atoms with Crippen LogP contribution in [0.15, 0.2) is 35.7 Å². The molecule has 0 atom stereocenters. The zero-order valence-electron chi connectivity index (χ0n) is 11.6. The molecule has 18 heavy (non-hydrogen) atoms. The zero-order valence-corrected chi connectivity index (χ0v) is 12.4. The molecular weight excluding hydrogens is 238 g/mol. The quantitative estimate of drug-likeness (QED) is 0.859. The van der Waals surface area contributed by atoms with E-state index in [1.165, 1.54) is 21.6 Å².